The Kier molecular flexibility index (Phi) is 14.2. The SMILES string of the molecule is CC(C)I.CC(CO)OC(=O)c1cc(C(=O)OCCc2ccccc2)ccc1C(=O)OCCc1ccccc1. The Morgan fingerprint density at radius 3 is 1.69 bits per heavy atom. The molecule has 0 aliphatic carbocycles. The highest BCUT2D eigenvalue weighted by atomic mass is 127. The summed E-state index contributed by atoms with van der Waals surface area (Å²) in [5.41, 5.74) is 1.96. The number of esters is 3. The van der Waals surface area contributed by atoms with Gasteiger partial charge in [-0.05, 0) is 36.2 Å². The van der Waals surface area contributed by atoms with E-state index in [0.29, 0.717) is 12.8 Å². The van der Waals surface area contributed by atoms with Crippen LogP contribution in [-0.2, 0) is 27.1 Å². The standard InChI is InChI=1S/C28H28O7.C3H7I/c1-20(19-29)35-28(32)25-18-23(26(30)33-16-14-21-8-4-2-5-9-21)12-13-24(25)27(31)34-17-15-22-10-6-3-7-11-22;1-3(2)4/h2-13,18,20,29H,14-17,19H2,1H3;3H,1-2H3. The minimum Gasteiger partial charge on any atom is -0.462 e. The molecule has 0 fully saturated rings. The second kappa shape index (κ2) is 17.4. The molecule has 7 nitrogen and oxygen atoms in total. The van der Waals surface area contributed by atoms with Crippen molar-refractivity contribution in [3.8, 4) is 0 Å². The highest BCUT2D eigenvalue weighted by Gasteiger charge is 2.23. The van der Waals surface area contributed by atoms with Crippen LogP contribution in [0.4, 0.5) is 0 Å². The molecule has 1 N–H and O–H groups in total. The van der Waals surface area contributed by atoms with Crippen LogP contribution in [0.1, 0.15) is 63.0 Å². The van der Waals surface area contributed by atoms with E-state index in [4.69, 9.17) is 14.2 Å². The summed E-state index contributed by atoms with van der Waals surface area (Å²) in [6.07, 6.45) is 0.270. The molecule has 0 heterocycles. The maximum atomic E-state index is 12.7. The molecule has 1 atom stereocenters. The second-order valence-corrected chi connectivity index (χ2v) is 11.4. The van der Waals surface area contributed by atoms with Crippen molar-refractivity contribution >= 4 is 40.5 Å². The summed E-state index contributed by atoms with van der Waals surface area (Å²) in [5.74, 6) is -2.19. The predicted molar refractivity (Wildman–Crippen MR) is 158 cm³/mol. The van der Waals surface area contributed by atoms with E-state index in [1.807, 2.05) is 60.7 Å². The van der Waals surface area contributed by atoms with E-state index in [2.05, 4.69) is 36.4 Å². The molecule has 0 aliphatic heterocycles. The quantitative estimate of drug-likeness (QED) is 0.121. The van der Waals surface area contributed by atoms with Gasteiger partial charge in [-0.25, -0.2) is 14.4 Å². The van der Waals surface area contributed by atoms with Gasteiger partial charge in [-0.15, -0.1) is 0 Å². The summed E-state index contributed by atoms with van der Waals surface area (Å²) in [4.78, 5) is 38.0. The Morgan fingerprint density at radius 1 is 0.718 bits per heavy atom. The van der Waals surface area contributed by atoms with Gasteiger partial charge >= 0.3 is 17.9 Å². The first-order valence-corrected chi connectivity index (χ1v) is 14.0. The maximum absolute atomic E-state index is 12.7. The average molecular weight is 647 g/mol. The Hall–Kier alpha value is -3.24. The van der Waals surface area contributed by atoms with Crippen LogP contribution in [0.3, 0.4) is 0 Å². The topological polar surface area (TPSA) is 99.1 Å². The van der Waals surface area contributed by atoms with Crippen molar-refractivity contribution < 1.29 is 33.7 Å². The molecule has 0 spiro atoms. The van der Waals surface area contributed by atoms with E-state index >= 15 is 0 Å². The van der Waals surface area contributed by atoms with E-state index in [-0.39, 0.29) is 36.5 Å². The minimum absolute atomic E-state index is 0.0333. The molecule has 3 rings (SSSR count). The van der Waals surface area contributed by atoms with Crippen LogP contribution >= 0.6 is 22.6 Å². The number of aliphatic hydroxyl groups excluding tert-OH is 1. The van der Waals surface area contributed by atoms with Gasteiger partial charge in [0, 0.05) is 16.8 Å². The molecule has 3 aromatic carbocycles. The summed E-state index contributed by atoms with van der Waals surface area (Å²) < 4.78 is 16.7. The van der Waals surface area contributed by atoms with Crippen LogP contribution in [0.25, 0.3) is 0 Å². The number of alkyl halides is 1. The van der Waals surface area contributed by atoms with E-state index in [1.54, 1.807) is 0 Å². The molecular weight excluding hydrogens is 611 g/mol. The Bertz CT molecular complexity index is 1180. The van der Waals surface area contributed by atoms with Crippen LogP contribution < -0.4 is 0 Å². The molecule has 3 aromatic rings. The first-order chi connectivity index (χ1) is 18.7. The van der Waals surface area contributed by atoms with Gasteiger partial charge in [-0.3, -0.25) is 0 Å². The van der Waals surface area contributed by atoms with E-state index in [9.17, 15) is 19.5 Å². The summed E-state index contributed by atoms with van der Waals surface area (Å²) in [5, 5.41) is 9.22. The van der Waals surface area contributed by atoms with Gasteiger partial charge in [0.2, 0.25) is 0 Å². The zero-order valence-corrected chi connectivity index (χ0v) is 24.6. The minimum atomic E-state index is -0.847. The van der Waals surface area contributed by atoms with Crippen molar-refractivity contribution in [2.45, 2.75) is 43.6 Å². The molecule has 8 heteroatoms. The van der Waals surface area contributed by atoms with Crippen molar-refractivity contribution in [3.63, 3.8) is 0 Å². The third-order valence-electron chi connectivity index (χ3n) is 5.19. The summed E-state index contributed by atoms with van der Waals surface area (Å²) in [7, 11) is 0. The monoisotopic (exact) mass is 646 g/mol. The lowest BCUT2D eigenvalue weighted by Gasteiger charge is -2.14. The number of rotatable bonds is 11. The normalized spacial score (nSPS) is 11.1. The van der Waals surface area contributed by atoms with E-state index < -0.39 is 24.0 Å². The Balaban J connectivity index is 0.00000124. The lowest BCUT2D eigenvalue weighted by molar-refractivity contribution is 0.0190. The fraction of sp³-hybridized carbons (Fsp3) is 0.323. The fourth-order valence-electron chi connectivity index (χ4n) is 3.28. The molecule has 0 aliphatic rings. The molecular formula is C31H35IO7. The van der Waals surface area contributed by atoms with Crippen molar-refractivity contribution in [3.05, 3.63) is 107 Å². The van der Waals surface area contributed by atoms with Gasteiger partial charge in [0.1, 0.15) is 6.10 Å². The molecule has 208 valence electrons. The smallest absolute Gasteiger partial charge is 0.339 e. The molecule has 1 unspecified atom stereocenters. The van der Waals surface area contributed by atoms with Gasteiger partial charge in [-0.2, -0.15) is 0 Å². The molecule has 39 heavy (non-hydrogen) atoms. The van der Waals surface area contributed by atoms with E-state index in [0.717, 1.165) is 15.1 Å². The largest absolute Gasteiger partial charge is 0.462 e. The van der Waals surface area contributed by atoms with E-state index in [1.165, 1.54) is 25.1 Å². The Morgan fingerprint density at radius 2 is 1.21 bits per heavy atom. The number of aliphatic hydroxyl groups is 1. The zero-order chi connectivity index (χ0) is 28.6. The first-order valence-electron chi connectivity index (χ1n) is 12.7. The third-order valence-corrected chi connectivity index (χ3v) is 5.19. The third kappa shape index (κ3) is 12.0. The summed E-state index contributed by atoms with van der Waals surface area (Å²) >= 11 is 2.34. The average Bonchev–Trinajstić information content (AvgIpc) is 2.93. The van der Waals surface area contributed by atoms with Gasteiger partial charge in [0.15, 0.2) is 0 Å². The highest BCUT2D eigenvalue weighted by molar-refractivity contribution is 14.1. The molecule has 0 radical (unpaired) electrons. The lowest BCUT2D eigenvalue weighted by Crippen LogP contribution is -2.22. The number of hydrogen-bond donors (Lipinski definition) is 1. The number of benzene rings is 3. The van der Waals surface area contributed by atoms with Gasteiger partial charge in [-0.1, -0.05) is 97.1 Å². The van der Waals surface area contributed by atoms with Gasteiger partial charge in [0.05, 0.1) is 36.5 Å². The molecule has 0 aromatic heterocycles. The predicted octanol–water partition coefficient (Wildman–Crippen LogP) is 5.85. The van der Waals surface area contributed by atoms with Crippen LogP contribution in [0.15, 0.2) is 78.9 Å². The number of ether oxygens (including phenoxy) is 3. The molecule has 0 bridgehead atoms. The number of hydrogen-bond acceptors (Lipinski definition) is 7. The Labute approximate surface area is 243 Å². The lowest BCUT2D eigenvalue weighted by atomic mass is 10.0. The fourth-order valence-corrected chi connectivity index (χ4v) is 3.28. The van der Waals surface area contributed by atoms with Crippen LogP contribution in [-0.4, -0.2) is 52.9 Å². The van der Waals surface area contributed by atoms with Crippen LogP contribution in [0.5, 0.6) is 0 Å². The summed E-state index contributed by atoms with van der Waals surface area (Å²) in [6.45, 7) is 5.71. The van der Waals surface area contributed by atoms with Crippen molar-refractivity contribution in [2.24, 2.45) is 0 Å². The molecule has 0 saturated carbocycles. The second-order valence-electron chi connectivity index (χ2n) is 8.92. The number of halogens is 1. The van der Waals surface area contributed by atoms with Crippen LogP contribution in [0.2, 0.25) is 0 Å². The zero-order valence-electron chi connectivity index (χ0n) is 22.5. The maximum Gasteiger partial charge on any atom is 0.339 e. The summed E-state index contributed by atoms with van der Waals surface area (Å²) in [6, 6.07) is 23.1. The number of carbonyl (C=O) groups is 3. The molecule has 0 saturated heterocycles. The van der Waals surface area contributed by atoms with Crippen LogP contribution in [0, 0.1) is 0 Å². The first kappa shape index (κ1) is 32.0. The van der Waals surface area contributed by atoms with Crippen molar-refractivity contribution in [1.29, 1.82) is 0 Å². The van der Waals surface area contributed by atoms with Crippen molar-refractivity contribution in [1.82, 2.24) is 0 Å². The van der Waals surface area contributed by atoms with Crippen molar-refractivity contribution in [2.75, 3.05) is 19.8 Å². The highest BCUT2D eigenvalue weighted by Crippen LogP contribution is 2.17. The van der Waals surface area contributed by atoms with Gasteiger partial charge < -0.3 is 19.3 Å². The molecule has 0 amide bonds. The van der Waals surface area contributed by atoms with Gasteiger partial charge in [0.25, 0.3) is 0 Å². The number of carbonyl (C=O) groups excluding carboxylic acids is 3.